The Balaban J connectivity index is 1.88. The molecule has 8 nitrogen and oxygen atoms in total. The molecule has 0 bridgehead atoms. The van der Waals surface area contributed by atoms with Crippen LogP contribution in [0.15, 0.2) is 30.9 Å². The third-order valence-corrected chi connectivity index (χ3v) is 4.27. The van der Waals surface area contributed by atoms with Crippen molar-refractivity contribution in [2.24, 2.45) is 0 Å². The highest BCUT2D eigenvalue weighted by Crippen LogP contribution is 2.24. The van der Waals surface area contributed by atoms with Crippen molar-refractivity contribution in [1.82, 2.24) is 19.7 Å². The predicted octanol–water partition coefficient (Wildman–Crippen LogP) is 0.890. The fraction of sp³-hybridized carbons (Fsp3) is 0.375. The third kappa shape index (κ3) is 2.88. The first kappa shape index (κ1) is 16.1. The van der Waals surface area contributed by atoms with Crippen molar-refractivity contribution in [3.63, 3.8) is 0 Å². The van der Waals surface area contributed by atoms with Gasteiger partial charge in [0, 0.05) is 25.6 Å². The molecule has 126 valence electrons. The third-order valence-electron chi connectivity index (χ3n) is 4.27. The molecule has 1 aromatic carbocycles. The summed E-state index contributed by atoms with van der Waals surface area (Å²) in [5.41, 5.74) is 2.01. The van der Waals surface area contributed by atoms with E-state index in [-0.39, 0.29) is 18.6 Å². The number of aromatic nitrogens is 3. The highest BCUT2D eigenvalue weighted by Gasteiger charge is 2.40. The summed E-state index contributed by atoms with van der Waals surface area (Å²) in [6, 6.07) is 4.40. The number of aliphatic carboxylic acids is 1. The lowest BCUT2D eigenvalue weighted by Gasteiger charge is -2.22. The fourth-order valence-electron chi connectivity index (χ4n) is 2.95. The van der Waals surface area contributed by atoms with Crippen LogP contribution in [0.4, 0.5) is 0 Å². The van der Waals surface area contributed by atoms with Crippen molar-refractivity contribution >= 4 is 11.9 Å². The van der Waals surface area contributed by atoms with E-state index in [1.165, 1.54) is 18.3 Å². The molecule has 0 radical (unpaired) electrons. The number of carbonyl (C=O) groups is 2. The van der Waals surface area contributed by atoms with E-state index >= 15 is 0 Å². The number of nitrogens with zero attached hydrogens (tertiary/aromatic N) is 4. The summed E-state index contributed by atoms with van der Waals surface area (Å²) in [7, 11) is 1.52. The minimum atomic E-state index is -1.01. The van der Waals surface area contributed by atoms with E-state index in [0.717, 1.165) is 11.3 Å². The molecule has 2 atom stereocenters. The number of carbonyl (C=O) groups excluding carboxylic acids is 1. The largest absolute Gasteiger partial charge is 0.480 e. The van der Waals surface area contributed by atoms with Crippen LogP contribution in [-0.4, -0.2) is 62.4 Å². The molecule has 0 spiro atoms. The van der Waals surface area contributed by atoms with Crippen molar-refractivity contribution in [2.75, 3.05) is 13.7 Å². The minimum absolute atomic E-state index is 0.259. The van der Waals surface area contributed by atoms with Crippen molar-refractivity contribution < 1.29 is 19.4 Å². The molecule has 2 aromatic rings. The van der Waals surface area contributed by atoms with Gasteiger partial charge in [-0.25, -0.2) is 14.5 Å². The molecule has 8 heteroatoms. The normalized spacial score (nSPS) is 20.3. The maximum Gasteiger partial charge on any atom is 0.326 e. The van der Waals surface area contributed by atoms with Crippen LogP contribution < -0.4 is 0 Å². The number of hydrogen-bond donors (Lipinski definition) is 1. The Morgan fingerprint density at radius 1 is 1.38 bits per heavy atom. The smallest absolute Gasteiger partial charge is 0.326 e. The second-order valence-corrected chi connectivity index (χ2v) is 5.74. The lowest BCUT2D eigenvalue weighted by molar-refractivity contribution is -0.141. The Morgan fingerprint density at radius 3 is 2.75 bits per heavy atom. The monoisotopic (exact) mass is 330 g/mol. The quantitative estimate of drug-likeness (QED) is 0.894. The summed E-state index contributed by atoms with van der Waals surface area (Å²) in [6.45, 7) is 2.09. The van der Waals surface area contributed by atoms with Gasteiger partial charge in [-0.3, -0.25) is 4.79 Å². The molecule has 24 heavy (non-hydrogen) atoms. The molecule has 3 rings (SSSR count). The molecule has 1 aliphatic rings. The molecular weight excluding hydrogens is 312 g/mol. The second-order valence-electron chi connectivity index (χ2n) is 5.74. The van der Waals surface area contributed by atoms with Crippen LogP contribution >= 0.6 is 0 Å². The van der Waals surface area contributed by atoms with E-state index in [1.54, 1.807) is 23.1 Å². The maximum absolute atomic E-state index is 12.8. The minimum Gasteiger partial charge on any atom is -0.480 e. The van der Waals surface area contributed by atoms with Crippen LogP contribution in [0.5, 0.6) is 0 Å². The molecule has 1 fully saturated rings. The Kier molecular flexibility index (Phi) is 4.30. The van der Waals surface area contributed by atoms with Gasteiger partial charge in [0.15, 0.2) is 0 Å². The first-order chi connectivity index (χ1) is 11.5. The Hall–Kier alpha value is -2.74. The summed E-state index contributed by atoms with van der Waals surface area (Å²) in [6.07, 6.45) is 3.04. The molecule has 0 saturated carbocycles. The van der Waals surface area contributed by atoms with Gasteiger partial charge in [0.25, 0.3) is 5.91 Å². The van der Waals surface area contributed by atoms with Gasteiger partial charge in [0.2, 0.25) is 0 Å². The van der Waals surface area contributed by atoms with Crippen molar-refractivity contribution in [3.8, 4) is 5.69 Å². The van der Waals surface area contributed by atoms with Crippen LogP contribution in [0.1, 0.15) is 22.3 Å². The zero-order chi connectivity index (χ0) is 17.3. The van der Waals surface area contributed by atoms with Gasteiger partial charge in [-0.05, 0) is 30.7 Å². The Bertz CT molecular complexity index is 759. The van der Waals surface area contributed by atoms with Crippen LogP contribution in [0.25, 0.3) is 5.69 Å². The van der Waals surface area contributed by atoms with Gasteiger partial charge in [-0.1, -0.05) is 0 Å². The van der Waals surface area contributed by atoms with Crippen LogP contribution in [0.2, 0.25) is 0 Å². The number of carboxylic acids is 1. The summed E-state index contributed by atoms with van der Waals surface area (Å²) in [5, 5.41) is 13.4. The van der Waals surface area contributed by atoms with Crippen molar-refractivity contribution in [1.29, 1.82) is 0 Å². The zero-order valence-corrected chi connectivity index (χ0v) is 13.4. The number of benzene rings is 1. The molecule has 1 N–H and O–H groups in total. The van der Waals surface area contributed by atoms with E-state index in [1.807, 2.05) is 13.0 Å². The summed E-state index contributed by atoms with van der Waals surface area (Å²) < 4.78 is 6.83. The first-order valence-electron chi connectivity index (χ1n) is 7.53. The molecule has 2 unspecified atom stereocenters. The number of amides is 1. The van der Waals surface area contributed by atoms with Crippen LogP contribution in [-0.2, 0) is 9.53 Å². The molecule has 1 saturated heterocycles. The number of likely N-dealkylation sites (tertiary alicyclic amines) is 1. The Morgan fingerprint density at radius 2 is 2.17 bits per heavy atom. The molecule has 1 aliphatic heterocycles. The average Bonchev–Trinajstić information content (AvgIpc) is 3.23. The standard InChI is InChI=1S/C16H18N4O4/c1-10-5-11(20-9-17-8-18-20)3-4-13(10)15(21)19-7-12(24-2)6-14(19)16(22)23/h3-5,8-9,12,14H,6-7H2,1-2H3,(H,22,23). The van der Waals surface area contributed by atoms with E-state index in [0.29, 0.717) is 12.0 Å². The fourth-order valence-corrected chi connectivity index (χ4v) is 2.95. The summed E-state index contributed by atoms with van der Waals surface area (Å²) in [5.74, 6) is -1.32. The van der Waals surface area contributed by atoms with E-state index in [4.69, 9.17) is 4.74 Å². The van der Waals surface area contributed by atoms with Crippen molar-refractivity contribution in [2.45, 2.75) is 25.5 Å². The highest BCUT2D eigenvalue weighted by atomic mass is 16.5. The van der Waals surface area contributed by atoms with Crippen molar-refractivity contribution in [3.05, 3.63) is 42.0 Å². The van der Waals surface area contributed by atoms with Gasteiger partial charge in [0.05, 0.1) is 11.8 Å². The number of carboxylic acid groups (broad SMARTS) is 1. The topological polar surface area (TPSA) is 97.6 Å². The number of ether oxygens (including phenoxy) is 1. The number of rotatable bonds is 4. The predicted molar refractivity (Wildman–Crippen MR) is 84.0 cm³/mol. The van der Waals surface area contributed by atoms with Crippen LogP contribution in [0.3, 0.4) is 0 Å². The first-order valence-corrected chi connectivity index (χ1v) is 7.53. The van der Waals surface area contributed by atoms with Crippen LogP contribution in [0, 0.1) is 6.92 Å². The van der Waals surface area contributed by atoms with E-state index < -0.39 is 12.0 Å². The average molecular weight is 330 g/mol. The molecule has 1 aromatic heterocycles. The van der Waals surface area contributed by atoms with E-state index in [9.17, 15) is 14.7 Å². The lowest BCUT2D eigenvalue weighted by atomic mass is 10.1. The molecular formula is C16H18N4O4. The van der Waals surface area contributed by atoms with Gasteiger partial charge in [-0.15, -0.1) is 0 Å². The number of aryl methyl sites for hydroxylation is 1. The summed E-state index contributed by atoms with van der Waals surface area (Å²) in [4.78, 5) is 29.5. The highest BCUT2D eigenvalue weighted by molar-refractivity contribution is 5.98. The van der Waals surface area contributed by atoms with E-state index in [2.05, 4.69) is 10.1 Å². The Labute approximate surface area is 138 Å². The van der Waals surface area contributed by atoms with Gasteiger partial charge < -0.3 is 14.7 Å². The lowest BCUT2D eigenvalue weighted by Crippen LogP contribution is -2.40. The second kappa shape index (κ2) is 6.40. The van der Waals surface area contributed by atoms with Gasteiger partial charge in [0.1, 0.15) is 18.7 Å². The molecule has 0 aliphatic carbocycles. The SMILES string of the molecule is COC1CC(C(=O)O)N(C(=O)c2ccc(-n3cncn3)cc2C)C1. The van der Waals surface area contributed by atoms with Gasteiger partial charge in [-0.2, -0.15) is 5.10 Å². The molecule has 2 heterocycles. The number of methoxy groups -OCH3 is 1. The zero-order valence-electron chi connectivity index (χ0n) is 13.4. The number of hydrogen-bond acceptors (Lipinski definition) is 5. The van der Waals surface area contributed by atoms with Gasteiger partial charge >= 0.3 is 5.97 Å². The summed E-state index contributed by atoms with van der Waals surface area (Å²) >= 11 is 0. The molecule has 1 amide bonds. The maximum atomic E-state index is 12.8.